The highest BCUT2D eigenvalue weighted by atomic mass is 19.1. The molecule has 0 atom stereocenters. The van der Waals surface area contributed by atoms with Gasteiger partial charge in [0.1, 0.15) is 22.8 Å². The smallest absolute Gasteiger partial charge is 0.136 e. The van der Waals surface area contributed by atoms with E-state index in [1.54, 1.807) is 24.3 Å². The van der Waals surface area contributed by atoms with Gasteiger partial charge in [0.25, 0.3) is 0 Å². The number of para-hydroxylation sites is 1. The van der Waals surface area contributed by atoms with Crippen LogP contribution in [0, 0.1) is 11.6 Å². The lowest BCUT2D eigenvalue weighted by atomic mass is 10.0. The lowest BCUT2D eigenvalue weighted by Gasteiger charge is -2.29. The number of furan rings is 1. The van der Waals surface area contributed by atoms with Crippen molar-refractivity contribution in [1.29, 1.82) is 0 Å². The number of benzene rings is 7. The van der Waals surface area contributed by atoms with Gasteiger partial charge in [-0.05, 0) is 138 Å². The van der Waals surface area contributed by atoms with Crippen molar-refractivity contribution in [3.63, 3.8) is 0 Å². The molecule has 0 bridgehead atoms. The van der Waals surface area contributed by atoms with Crippen LogP contribution < -0.4 is 9.80 Å². The fraction of sp³-hybridized carbons (Fsp3) is 0.0455. The van der Waals surface area contributed by atoms with Crippen molar-refractivity contribution in [3.8, 4) is 0 Å². The number of rotatable bonds is 6. The predicted octanol–water partition coefficient (Wildman–Crippen LogP) is 13.0. The van der Waals surface area contributed by atoms with E-state index in [1.165, 1.54) is 12.1 Å². The molecular weight excluding hydrogens is 610 g/mol. The quantitative estimate of drug-likeness (QED) is 0.180. The van der Waals surface area contributed by atoms with Crippen molar-refractivity contribution in [2.24, 2.45) is 0 Å². The molecule has 7 aromatic carbocycles. The van der Waals surface area contributed by atoms with E-state index in [-0.39, 0.29) is 11.6 Å². The Morgan fingerprint density at radius 3 is 1.59 bits per heavy atom. The summed E-state index contributed by atoms with van der Waals surface area (Å²) in [6, 6.07) is 44.7. The van der Waals surface area contributed by atoms with Gasteiger partial charge in [0, 0.05) is 44.9 Å². The zero-order valence-corrected chi connectivity index (χ0v) is 26.5. The van der Waals surface area contributed by atoms with E-state index >= 15 is 0 Å². The van der Waals surface area contributed by atoms with Crippen LogP contribution in [0.25, 0.3) is 43.5 Å². The Labute approximate surface area is 282 Å². The van der Waals surface area contributed by atoms with Crippen molar-refractivity contribution in [3.05, 3.63) is 175 Å². The molecule has 1 aliphatic carbocycles. The maximum atomic E-state index is 14.4. The minimum Gasteiger partial charge on any atom is -0.456 e. The van der Waals surface area contributed by atoms with E-state index in [0.717, 1.165) is 90.5 Å². The summed E-state index contributed by atoms with van der Waals surface area (Å²) in [6.45, 7) is 0. The third-order valence-corrected chi connectivity index (χ3v) is 9.30. The third kappa shape index (κ3) is 5.30. The minimum atomic E-state index is -0.285. The highest BCUT2D eigenvalue weighted by Crippen LogP contribution is 2.41. The van der Waals surface area contributed by atoms with Crippen LogP contribution in [-0.4, -0.2) is 0 Å². The van der Waals surface area contributed by atoms with Crippen molar-refractivity contribution in [2.45, 2.75) is 12.8 Å². The molecule has 5 heteroatoms. The molecule has 0 saturated heterocycles. The Hall–Kier alpha value is -6.20. The molecule has 9 rings (SSSR count). The predicted molar refractivity (Wildman–Crippen MR) is 198 cm³/mol. The Kier molecular flexibility index (Phi) is 6.98. The molecule has 0 amide bonds. The molecule has 1 aromatic heterocycles. The van der Waals surface area contributed by atoms with Crippen LogP contribution >= 0.6 is 0 Å². The normalized spacial score (nSPS) is 13.0. The largest absolute Gasteiger partial charge is 0.456 e. The molecule has 0 spiro atoms. The van der Waals surface area contributed by atoms with Crippen molar-refractivity contribution >= 4 is 71.9 Å². The fourth-order valence-corrected chi connectivity index (χ4v) is 7.03. The summed E-state index contributed by atoms with van der Waals surface area (Å²) in [7, 11) is 0. The van der Waals surface area contributed by atoms with Crippen LogP contribution in [0.15, 0.2) is 168 Å². The number of halogens is 2. The molecule has 0 unspecified atom stereocenters. The van der Waals surface area contributed by atoms with Crippen molar-refractivity contribution < 1.29 is 13.2 Å². The maximum Gasteiger partial charge on any atom is 0.136 e. The van der Waals surface area contributed by atoms with Crippen LogP contribution in [0.1, 0.15) is 12.8 Å². The second-order valence-electron chi connectivity index (χ2n) is 12.5. The molecule has 0 N–H and O–H groups in total. The SMILES string of the molecule is Fc1cccc(N(C2=CC=CCC2)c2ccc3cc4c(cc3c2)oc2cc3cc(N(c5ccccc5)c5cccc(F)c5)ccc3cc24)c1. The monoisotopic (exact) mass is 640 g/mol. The number of nitrogens with zero attached hydrogens (tertiary/aromatic N) is 2. The van der Waals surface area contributed by atoms with Crippen LogP contribution in [0.4, 0.5) is 37.2 Å². The summed E-state index contributed by atoms with van der Waals surface area (Å²) in [5.41, 5.74) is 7.08. The molecule has 236 valence electrons. The highest BCUT2D eigenvalue weighted by molar-refractivity contribution is 6.14. The Morgan fingerprint density at radius 2 is 1.02 bits per heavy atom. The van der Waals surface area contributed by atoms with Crippen LogP contribution in [0.5, 0.6) is 0 Å². The Bertz CT molecular complexity index is 2600. The van der Waals surface area contributed by atoms with Gasteiger partial charge in [-0.3, -0.25) is 0 Å². The Balaban J connectivity index is 1.15. The van der Waals surface area contributed by atoms with Gasteiger partial charge < -0.3 is 14.2 Å². The molecule has 8 aromatic rings. The molecule has 3 nitrogen and oxygen atoms in total. The van der Waals surface area contributed by atoms with Crippen molar-refractivity contribution in [1.82, 2.24) is 0 Å². The standard InChI is InChI=1S/C44H30F2N2O/c45-33-9-7-15-37(27-33)47(35-11-3-1-4-12-35)39-19-17-29-23-41-42-24-30-18-20-40(22-32(30)26-44(42)49-43(41)25-31(29)21-39)48(36-13-5-2-6-14-36)38-16-8-10-34(46)28-38/h1-5,7-13,15-28H,6,14H2. The van der Waals surface area contributed by atoms with Gasteiger partial charge in [-0.2, -0.15) is 0 Å². The molecular formula is C44H30F2N2O. The number of allylic oxidation sites excluding steroid dienone is 4. The van der Waals surface area contributed by atoms with Crippen LogP contribution in [0.2, 0.25) is 0 Å². The average Bonchev–Trinajstić information content (AvgIpc) is 3.46. The number of hydrogen-bond acceptors (Lipinski definition) is 3. The first-order valence-corrected chi connectivity index (χ1v) is 16.4. The molecule has 0 aliphatic heterocycles. The van der Waals surface area contributed by atoms with E-state index in [9.17, 15) is 8.78 Å². The summed E-state index contributed by atoms with van der Waals surface area (Å²) >= 11 is 0. The van der Waals surface area contributed by atoms with E-state index < -0.39 is 0 Å². The van der Waals surface area contributed by atoms with Gasteiger partial charge in [-0.25, -0.2) is 8.78 Å². The number of fused-ring (bicyclic) bond motifs is 5. The van der Waals surface area contributed by atoms with Gasteiger partial charge in [-0.15, -0.1) is 0 Å². The van der Waals surface area contributed by atoms with Gasteiger partial charge in [-0.1, -0.05) is 54.6 Å². The van der Waals surface area contributed by atoms with E-state index in [1.807, 2.05) is 42.5 Å². The second-order valence-corrected chi connectivity index (χ2v) is 12.5. The van der Waals surface area contributed by atoms with Gasteiger partial charge >= 0.3 is 0 Å². The molecule has 49 heavy (non-hydrogen) atoms. The first-order chi connectivity index (χ1) is 24.1. The molecule has 1 heterocycles. The first kappa shape index (κ1) is 29.0. The minimum absolute atomic E-state index is 0.263. The summed E-state index contributed by atoms with van der Waals surface area (Å²) in [5.74, 6) is -0.548. The zero-order valence-electron chi connectivity index (χ0n) is 26.5. The second kappa shape index (κ2) is 11.8. The third-order valence-electron chi connectivity index (χ3n) is 9.30. The number of anilines is 5. The molecule has 0 radical (unpaired) electrons. The molecule has 0 saturated carbocycles. The fourth-order valence-electron chi connectivity index (χ4n) is 7.03. The zero-order chi connectivity index (χ0) is 32.9. The summed E-state index contributed by atoms with van der Waals surface area (Å²) in [5, 5.41) is 6.34. The van der Waals surface area contributed by atoms with Gasteiger partial charge in [0.05, 0.1) is 0 Å². The van der Waals surface area contributed by atoms with E-state index in [2.05, 4.69) is 88.7 Å². The molecule has 0 fully saturated rings. The van der Waals surface area contributed by atoms with E-state index in [0.29, 0.717) is 0 Å². The van der Waals surface area contributed by atoms with Crippen LogP contribution in [0.3, 0.4) is 0 Å². The Morgan fingerprint density at radius 1 is 0.469 bits per heavy atom. The highest BCUT2D eigenvalue weighted by Gasteiger charge is 2.18. The average molecular weight is 641 g/mol. The van der Waals surface area contributed by atoms with Gasteiger partial charge in [0.15, 0.2) is 0 Å². The molecule has 1 aliphatic rings. The van der Waals surface area contributed by atoms with E-state index in [4.69, 9.17) is 4.42 Å². The lowest BCUT2D eigenvalue weighted by molar-refractivity contribution is 0.627. The van der Waals surface area contributed by atoms with Crippen LogP contribution in [-0.2, 0) is 0 Å². The summed E-state index contributed by atoms with van der Waals surface area (Å²) in [6.07, 6.45) is 8.13. The lowest BCUT2D eigenvalue weighted by Crippen LogP contribution is -2.17. The van der Waals surface area contributed by atoms with Crippen molar-refractivity contribution in [2.75, 3.05) is 9.80 Å². The maximum absolute atomic E-state index is 14.4. The summed E-state index contributed by atoms with van der Waals surface area (Å²) in [4.78, 5) is 4.20. The summed E-state index contributed by atoms with van der Waals surface area (Å²) < 4.78 is 35.3. The number of hydrogen-bond donors (Lipinski definition) is 0. The van der Waals surface area contributed by atoms with Gasteiger partial charge in [0.2, 0.25) is 0 Å². The first-order valence-electron chi connectivity index (χ1n) is 16.4. The topological polar surface area (TPSA) is 19.6 Å².